The SMILES string of the molecule is CCC(=O)OCc1ccc(OP(=O)(OC)O[C@@H]2C(NC(=O)OC(C)CS(=O)(=O)c3ccc(Cl)cc3)[CH-]O[C@@H]2COC(=O)C(C)(C)C)cc1.[U]. The molecule has 1 saturated heterocycles. The van der Waals surface area contributed by atoms with Crippen LogP contribution in [0.5, 0.6) is 5.75 Å². The van der Waals surface area contributed by atoms with E-state index < -0.39 is 65.2 Å². The molecule has 1 fully saturated rings. The molecule has 14 nitrogen and oxygen atoms in total. The van der Waals surface area contributed by atoms with Gasteiger partial charge in [-0.25, -0.2) is 17.8 Å². The first kappa shape index (κ1) is 43.0. The van der Waals surface area contributed by atoms with E-state index in [1.54, 1.807) is 39.8 Å². The number of phosphoric ester groups is 1. The number of carbonyl (C=O) groups excluding carboxylic acids is 3. The standard InChI is InChI=1S/C31H40ClNO13PS.U/c1-7-27(34)42-16-21-8-12-23(13-9-21)45-47(37,40-6)46-28-25(17-41-26(28)18-43-29(35)31(3,4)5)33-30(36)44-20(2)19-48(38,39)24-14-10-22(32)11-15-24;/h8-15,17,20,25-26,28H,7,16,18-19H2,1-6H3,(H,33,36);/q-1;/t20?,25?,26-,28-,47?;/m1./s1. The Bertz CT molecular complexity index is 1570. The maximum Gasteiger partial charge on any atom is 0.530 e. The number of carbonyl (C=O) groups is 3. The number of rotatable bonds is 15. The van der Waals surface area contributed by atoms with Crippen LogP contribution >= 0.6 is 19.4 Å². The molecule has 0 spiro atoms. The molecule has 3 unspecified atom stereocenters. The third kappa shape index (κ3) is 13.5. The van der Waals surface area contributed by atoms with E-state index in [0.29, 0.717) is 10.6 Å². The number of hydrogen-bond donors (Lipinski definition) is 1. The normalized spacial score (nSPS) is 19.4. The summed E-state index contributed by atoms with van der Waals surface area (Å²) in [6.45, 7) is 8.90. The van der Waals surface area contributed by atoms with Crippen molar-refractivity contribution in [2.75, 3.05) is 19.5 Å². The fraction of sp³-hybridized carbons (Fsp3) is 0.484. The molecular weight excluding hydrogens is 931 g/mol. The number of alkyl carbamates (subject to hydrolysis) is 1. The zero-order valence-electron chi connectivity index (χ0n) is 27.9. The number of esters is 2. The molecule has 1 amide bonds. The van der Waals surface area contributed by atoms with Crippen LogP contribution in [0.25, 0.3) is 0 Å². The van der Waals surface area contributed by atoms with Crippen molar-refractivity contribution in [1.29, 1.82) is 0 Å². The number of amides is 1. The third-order valence-corrected chi connectivity index (χ3v) is 10.2. The van der Waals surface area contributed by atoms with Crippen molar-refractivity contribution in [2.24, 2.45) is 5.41 Å². The molecule has 0 radical (unpaired) electrons. The summed E-state index contributed by atoms with van der Waals surface area (Å²) in [6, 6.07) is 10.5. The Labute approximate surface area is 315 Å². The van der Waals surface area contributed by atoms with E-state index in [4.69, 9.17) is 44.1 Å². The molecule has 0 aromatic heterocycles. The third-order valence-electron chi connectivity index (χ3n) is 6.63. The summed E-state index contributed by atoms with van der Waals surface area (Å²) < 4.78 is 77.1. The topological polar surface area (TPSA) is 179 Å². The molecule has 2 aromatic rings. The molecule has 0 aliphatic carbocycles. The first-order valence-electron chi connectivity index (χ1n) is 14.8. The van der Waals surface area contributed by atoms with Crippen LogP contribution in [0, 0.1) is 43.1 Å². The van der Waals surface area contributed by atoms with Crippen molar-refractivity contribution in [3.05, 3.63) is 65.7 Å². The molecule has 1 N–H and O–H groups in total. The van der Waals surface area contributed by atoms with E-state index in [0.717, 1.165) is 7.11 Å². The Morgan fingerprint density at radius 1 is 1.06 bits per heavy atom. The maximum atomic E-state index is 13.7. The zero-order valence-corrected chi connectivity index (χ0v) is 34.5. The molecule has 2 aromatic carbocycles. The molecule has 1 heterocycles. The van der Waals surface area contributed by atoms with E-state index in [9.17, 15) is 27.4 Å². The van der Waals surface area contributed by atoms with E-state index in [-0.39, 0.29) is 67.4 Å². The van der Waals surface area contributed by atoms with Gasteiger partial charge in [0.25, 0.3) is 0 Å². The van der Waals surface area contributed by atoms with Crippen LogP contribution in [0.2, 0.25) is 5.02 Å². The number of benzene rings is 2. The molecule has 270 valence electrons. The van der Waals surface area contributed by atoms with Gasteiger partial charge in [-0.05, 0) is 75.7 Å². The fourth-order valence-electron chi connectivity index (χ4n) is 4.06. The van der Waals surface area contributed by atoms with Gasteiger partial charge < -0.3 is 28.8 Å². The second-order valence-corrected chi connectivity index (χ2v) is 15.9. The average Bonchev–Trinajstić information content (AvgIpc) is 3.38. The minimum absolute atomic E-state index is 0. The van der Waals surface area contributed by atoms with Crippen molar-refractivity contribution in [3.63, 3.8) is 0 Å². The molecule has 18 heteroatoms. The van der Waals surface area contributed by atoms with Gasteiger partial charge in [-0.15, -0.1) is 0 Å². The minimum atomic E-state index is -4.42. The summed E-state index contributed by atoms with van der Waals surface area (Å²) in [4.78, 5) is 36.8. The van der Waals surface area contributed by atoms with Crippen molar-refractivity contribution in [1.82, 2.24) is 5.32 Å². The summed E-state index contributed by atoms with van der Waals surface area (Å²) in [5, 5.41) is 2.86. The van der Waals surface area contributed by atoms with E-state index >= 15 is 0 Å². The minimum Gasteiger partial charge on any atom is -0.543 e. The predicted octanol–water partition coefficient (Wildman–Crippen LogP) is 5.42. The van der Waals surface area contributed by atoms with Crippen LogP contribution in [0.3, 0.4) is 0 Å². The Kier molecular flexibility index (Phi) is 16.6. The van der Waals surface area contributed by atoms with Gasteiger partial charge in [0.15, 0.2) is 9.84 Å². The zero-order chi connectivity index (χ0) is 35.7. The first-order valence-corrected chi connectivity index (χ1v) is 18.3. The van der Waals surface area contributed by atoms with Gasteiger partial charge in [-0.2, -0.15) is 6.61 Å². The summed E-state index contributed by atoms with van der Waals surface area (Å²) in [6.07, 6.45) is -4.26. The summed E-state index contributed by atoms with van der Waals surface area (Å²) in [7, 11) is -7.16. The summed E-state index contributed by atoms with van der Waals surface area (Å²) in [5.41, 5.74) is -0.191. The van der Waals surface area contributed by atoms with Gasteiger partial charge in [-0.1, -0.05) is 30.7 Å². The molecule has 5 atom stereocenters. The summed E-state index contributed by atoms with van der Waals surface area (Å²) in [5.74, 6) is -1.35. The van der Waals surface area contributed by atoms with E-state index in [1.807, 2.05) is 0 Å². The van der Waals surface area contributed by atoms with Crippen molar-refractivity contribution < 1.29 is 91.0 Å². The molecule has 0 bridgehead atoms. The molecular formula is C31H40ClNO13PSU-. The van der Waals surface area contributed by atoms with Crippen molar-refractivity contribution >= 4 is 47.3 Å². The number of ether oxygens (including phenoxy) is 4. The van der Waals surface area contributed by atoms with Crippen LogP contribution in [-0.4, -0.2) is 70.3 Å². The van der Waals surface area contributed by atoms with Gasteiger partial charge >= 0.3 is 25.9 Å². The largest absolute Gasteiger partial charge is 0.543 e. The first-order chi connectivity index (χ1) is 22.4. The average molecular weight is 971 g/mol. The number of phosphoric acid groups is 1. The Morgan fingerprint density at radius 2 is 1.69 bits per heavy atom. The van der Waals surface area contributed by atoms with Gasteiger partial charge in [0, 0.05) is 49.7 Å². The molecule has 1 aliphatic heterocycles. The van der Waals surface area contributed by atoms with Gasteiger partial charge in [0.2, 0.25) is 0 Å². The van der Waals surface area contributed by atoms with Crippen molar-refractivity contribution in [2.45, 2.75) is 76.9 Å². The second kappa shape index (κ2) is 18.9. The molecule has 0 saturated carbocycles. The number of nitrogens with one attached hydrogen (secondary N) is 1. The van der Waals surface area contributed by atoms with Gasteiger partial charge in [-0.3, -0.25) is 18.6 Å². The van der Waals surface area contributed by atoms with Gasteiger partial charge in [0.05, 0.1) is 28.3 Å². The predicted molar refractivity (Wildman–Crippen MR) is 173 cm³/mol. The molecule has 1 aliphatic rings. The van der Waals surface area contributed by atoms with Crippen LogP contribution in [-0.2, 0) is 58.6 Å². The van der Waals surface area contributed by atoms with E-state index in [2.05, 4.69) is 5.32 Å². The molecule has 49 heavy (non-hydrogen) atoms. The van der Waals surface area contributed by atoms with Crippen LogP contribution in [0.4, 0.5) is 4.79 Å². The van der Waals surface area contributed by atoms with Crippen LogP contribution in [0.15, 0.2) is 53.4 Å². The number of sulfone groups is 1. The summed E-state index contributed by atoms with van der Waals surface area (Å²) >= 11 is 5.85. The number of hydrogen-bond acceptors (Lipinski definition) is 13. The van der Waals surface area contributed by atoms with Gasteiger partial charge in [0.1, 0.15) is 25.1 Å². The number of halogens is 1. The van der Waals surface area contributed by atoms with Crippen LogP contribution < -0.4 is 9.84 Å². The Morgan fingerprint density at radius 3 is 2.27 bits per heavy atom. The second-order valence-electron chi connectivity index (χ2n) is 11.7. The Balaban J connectivity index is 0.00000833. The fourth-order valence-corrected chi connectivity index (χ4v) is 6.76. The van der Waals surface area contributed by atoms with Crippen molar-refractivity contribution in [3.8, 4) is 5.75 Å². The smallest absolute Gasteiger partial charge is 0.530 e. The van der Waals surface area contributed by atoms with Crippen LogP contribution in [0.1, 0.15) is 46.6 Å². The monoisotopic (exact) mass is 970 g/mol. The maximum absolute atomic E-state index is 13.7. The quantitative estimate of drug-likeness (QED) is 0.104. The van der Waals surface area contributed by atoms with E-state index in [1.165, 1.54) is 49.9 Å². The molecule has 3 rings (SSSR count). The Hall–Kier alpha value is -2.15.